The molecule has 0 bridgehead atoms. The third-order valence-corrected chi connectivity index (χ3v) is 2.16. The zero-order valence-electron chi connectivity index (χ0n) is 7.66. The smallest absolute Gasteiger partial charge is 0.00883 e. The highest BCUT2D eigenvalue weighted by molar-refractivity contribution is 5.85. The minimum atomic E-state index is 0. The molecule has 1 aliphatic carbocycles. The first-order valence-electron chi connectivity index (χ1n) is 4.29. The van der Waals surface area contributed by atoms with Gasteiger partial charge in [-0.2, -0.15) is 0 Å². The third-order valence-electron chi connectivity index (χ3n) is 2.16. The largest absolute Gasteiger partial charge is 0.147 e. The van der Waals surface area contributed by atoms with Crippen LogP contribution in [0.25, 0.3) is 6.08 Å². The minimum absolute atomic E-state index is 0. The molecule has 0 amide bonds. The van der Waals surface area contributed by atoms with Crippen LogP contribution in [0.4, 0.5) is 0 Å². The van der Waals surface area contributed by atoms with Crippen LogP contribution in [0, 0.1) is 6.92 Å². The maximum Gasteiger partial charge on any atom is -0.00883 e. The lowest BCUT2D eigenvalue weighted by Gasteiger charge is -2.02. The van der Waals surface area contributed by atoms with Gasteiger partial charge in [-0.1, -0.05) is 48.1 Å². The van der Waals surface area contributed by atoms with Gasteiger partial charge < -0.3 is 0 Å². The first-order valence-corrected chi connectivity index (χ1v) is 4.29. The van der Waals surface area contributed by atoms with Crippen molar-refractivity contribution in [3.05, 3.63) is 53.1 Å². The first kappa shape index (κ1) is 10.1. The van der Waals surface area contributed by atoms with E-state index in [0.717, 1.165) is 6.42 Å². The van der Waals surface area contributed by atoms with E-state index in [1.54, 1.807) is 0 Å². The van der Waals surface area contributed by atoms with E-state index in [1.165, 1.54) is 16.7 Å². The second kappa shape index (κ2) is 4.29. The molecule has 1 aliphatic rings. The van der Waals surface area contributed by atoms with Gasteiger partial charge in [-0.25, -0.2) is 0 Å². The minimum Gasteiger partial charge on any atom is -0.147 e. The van der Waals surface area contributed by atoms with Crippen LogP contribution in [0.2, 0.25) is 0 Å². The Labute approximate surface area is 85.4 Å². The molecule has 68 valence electrons. The van der Waals surface area contributed by atoms with Gasteiger partial charge in [0, 0.05) is 0 Å². The fourth-order valence-corrected chi connectivity index (χ4v) is 1.51. The van der Waals surface area contributed by atoms with Crippen molar-refractivity contribution in [1.82, 2.24) is 0 Å². The molecule has 13 heavy (non-hydrogen) atoms. The molecule has 0 aromatic heterocycles. The summed E-state index contributed by atoms with van der Waals surface area (Å²) in [5.74, 6) is 0. The quantitative estimate of drug-likeness (QED) is 0.590. The van der Waals surface area contributed by atoms with E-state index in [4.69, 9.17) is 0 Å². The van der Waals surface area contributed by atoms with Crippen molar-refractivity contribution >= 4 is 18.5 Å². The molecular weight excluding hydrogens is 180 g/mol. The van der Waals surface area contributed by atoms with Gasteiger partial charge in [-0.15, -0.1) is 12.4 Å². The van der Waals surface area contributed by atoms with Gasteiger partial charge in [0.25, 0.3) is 0 Å². The Hall–Kier alpha value is -1.01. The average molecular weight is 193 g/mol. The van der Waals surface area contributed by atoms with Crippen LogP contribution in [0.1, 0.15) is 16.7 Å². The predicted octanol–water partition coefficient (Wildman–Crippen LogP) is 3.54. The summed E-state index contributed by atoms with van der Waals surface area (Å²) in [5, 5.41) is 0. The number of rotatable bonds is 0. The topological polar surface area (TPSA) is 0 Å². The maximum absolute atomic E-state index is 2.26. The molecule has 0 aliphatic heterocycles. The lowest BCUT2D eigenvalue weighted by atomic mass is 10.0. The number of benzene rings is 1. The number of halogens is 1. The Bertz CT molecular complexity index is 348. The highest BCUT2D eigenvalue weighted by atomic mass is 35.5. The van der Waals surface area contributed by atoms with Crippen molar-refractivity contribution in [1.29, 1.82) is 0 Å². The van der Waals surface area contributed by atoms with Crippen LogP contribution in [-0.4, -0.2) is 0 Å². The van der Waals surface area contributed by atoms with Gasteiger partial charge in [-0.3, -0.25) is 0 Å². The fraction of sp³-hybridized carbons (Fsp3) is 0.167. The molecule has 0 nitrogen and oxygen atoms in total. The van der Waals surface area contributed by atoms with Crippen molar-refractivity contribution in [3.63, 3.8) is 0 Å². The number of hydrogen-bond donors (Lipinski definition) is 0. The van der Waals surface area contributed by atoms with E-state index >= 15 is 0 Å². The normalized spacial score (nSPS) is 13.0. The predicted molar refractivity (Wildman–Crippen MR) is 60.3 cm³/mol. The Kier molecular flexibility index (Phi) is 3.32. The molecule has 1 heteroatoms. The van der Waals surface area contributed by atoms with Crippen LogP contribution in [0.3, 0.4) is 0 Å². The second-order valence-electron chi connectivity index (χ2n) is 3.19. The molecule has 0 heterocycles. The van der Waals surface area contributed by atoms with Gasteiger partial charge >= 0.3 is 0 Å². The number of allylic oxidation sites excluding steroid dienone is 3. The van der Waals surface area contributed by atoms with Crippen LogP contribution in [-0.2, 0) is 6.42 Å². The lowest BCUT2D eigenvalue weighted by molar-refractivity contribution is 1.24. The Balaban J connectivity index is 0.000000845. The molecular formula is C12H13Cl. The van der Waals surface area contributed by atoms with Crippen LogP contribution >= 0.6 is 12.4 Å². The number of fused-ring (bicyclic) bond motifs is 1. The second-order valence-corrected chi connectivity index (χ2v) is 3.19. The highest BCUT2D eigenvalue weighted by Crippen LogP contribution is 2.16. The molecule has 0 atom stereocenters. The Morgan fingerprint density at radius 1 is 1.15 bits per heavy atom. The highest BCUT2D eigenvalue weighted by Gasteiger charge is 1.99. The van der Waals surface area contributed by atoms with E-state index < -0.39 is 0 Å². The van der Waals surface area contributed by atoms with E-state index in [1.807, 2.05) is 0 Å². The molecule has 0 saturated carbocycles. The van der Waals surface area contributed by atoms with Crippen molar-refractivity contribution in [2.24, 2.45) is 0 Å². The van der Waals surface area contributed by atoms with E-state index in [2.05, 4.69) is 49.4 Å². The molecule has 1 aromatic rings. The summed E-state index contributed by atoms with van der Waals surface area (Å²) in [6.07, 6.45) is 9.63. The zero-order valence-corrected chi connectivity index (χ0v) is 8.47. The van der Waals surface area contributed by atoms with Gasteiger partial charge in [0.1, 0.15) is 0 Å². The molecule has 0 fully saturated rings. The zero-order chi connectivity index (χ0) is 8.39. The number of hydrogen-bond acceptors (Lipinski definition) is 0. The molecule has 0 saturated heterocycles. The average Bonchev–Trinajstić information content (AvgIpc) is 2.28. The summed E-state index contributed by atoms with van der Waals surface area (Å²) in [4.78, 5) is 0. The summed E-state index contributed by atoms with van der Waals surface area (Å²) in [6, 6.07) is 6.61. The van der Waals surface area contributed by atoms with Crippen molar-refractivity contribution < 1.29 is 0 Å². The molecule has 0 spiro atoms. The van der Waals surface area contributed by atoms with Crippen LogP contribution in [0.15, 0.2) is 36.4 Å². The monoisotopic (exact) mass is 192 g/mol. The van der Waals surface area contributed by atoms with Crippen molar-refractivity contribution in [2.45, 2.75) is 13.3 Å². The van der Waals surface area contributed by atoms with Crippen LogP contribution < -0.4 is 0 Å². The first-order chi connectivity index (χ1) is 5.86. The molecule has 0 N–H and O–H groups in total. The fourth-order valence-electron chi connectivity index (χ4n) is 1.51. The summed E-state index contributed by atoms with van der Waals surface area (Å²) in [7, 11) is 0. The van der Waals surface area contributed by atoms with E-state index in [0.29, 0.717) is 0 Å². The van der Waals surface area contributed by atoms with E-state index in [-0.39, 0.29) is 12.4 Å². The summed E-state index contributed by atoms with van der Waals surface area (Å²) in [5.41, 5.74) is 4.13. The SMILES string of the molecule is Cc1ccc2c(c1)CC=CC=C2.Cl. The summed E-state index contributed by atoms with van der Waals surface area (Å²) < 4.78 is 0. The van der Waals surface area contributed by atoms with E-state index in [9.17, 15) is 0 Å². The van der Waals surface area contributed by atoms with Gasteiger partial charge in [0.05, 0.1) is 0 Å². The van der Waals surface area contributed by atoms with Gasteiger partial charge in [0.2, 0.25) is 0 Å². The van der Waals surface area contributed by atoms with Gasteiger partial charge in [0.15, 0.2) is 0 Å². The molecule has 1 aromatic carbocycles. The Morgan fingerprint density at radius 2 is 2.00 bits per heavy atom. The number of aryl methyl sites for hydroxylation is 1. The Morgan fingerprint density at radius 3 is 2.85 bits per heavy atom. The third kappa shape index (κ3) is 2.22. The molecule has 0 unspecified atom stereocenters. The molecule has 0 radical (unpaired) electrons. The maximum atomic E-state index is 2.26. The summed E-state index contributed by atoms with van der Waals surface area (Å²) in [6.45, 7) is 2.14. The van der Waals surface area contributed by atoms with Crippen molar-refractivity contribution in [3.8, 4) is 0 Å². The van der Waals surface area contributed by atoms with Crippen LogP contribution in [0.5, 0.6) is 0 Å². The summed E-state index contributed by atoms with van der Waals surface area (Å²) >= 11 is 0. The van der Waals surface area contributed by atoms with Gasteiger partial charge in [-0.05, 0) is 24.5 Å². The van der Waals surface area contributed by atoms with Crippen molar-refractivity contribution in [2.75, 3.05) is 0 Å². The lowest BCUT2D eigenvalue weighted by Crippen LogP contribution is -1.86. The standard InChI is InChI=1S/C12H12.ClH/c1-10-7-8-11-5-3-2-4-6-12(11)9-10;/h2-5,7-9H,6H2,1H3;1H. The molecule has 2 rings (SSSR count).